The van der Waals surface area contributed by atoms with E-state index in [1.807, 2.05) is 6.07 Å². The predicted octanol–water partition coefficient (Wildman–Crippen LogP) is 5.14. The Morgan fingerprint density at radius 1 is 1.07 bits per heavy atom. The minimum absolute atomic E-state index is 0.0414. The zero-order valence-electron chi connectivity index (χ0n) is 16.1. The molecule has 3 aromatic carbocycles. The summed E-state index contributed by atoms with van der Waals surface area (Å²) in [6.07, 6.45) is -0.634. The molecule has 30 heavy (non-hydrogen) atoms. The van der Waals surface area contributed by atoms with Gasteiger partial charge in [-0.05, 0) is 66.2 Å². The average molecular weight is 402 g/mol. The molecule has 0 bridgehead atoms. The molecule has 0 aliphatic heterocycles. The topological polar surface area (TPSA) is 104 Å². The zero-order valence-corrected chi connectivity index (χ0v) is 16.1. The van der Waals surface area contributed by atoms with E-state index in [9.17, 15) is 9.70 Å². The van der Waals surface area contributed by atoms with Crippen LogP contribution in [-0.4, -0.2) is 13.2 Å². The van der Waals surface area contributed by atoms with Crippen LogP contribution in [0.5, 0.6) is 5.75 Å². The maximum absolute atomic E-state index is 12.0. The summed E-state index contributed by atoms with van der Waals surface area (Å²) in [5.41, 5.74) is 2.81. The lowest BCUT2D eigenvalue weighted by Gasteiger charge is -2.16. The first-order valence-electron chi connectivity index (χ1n) is 8.93. The molecule has 0 aromatic heterocycles. The second kappa shape index (κ2) is 9.71. The van der Waals surface area contributed by atoms with E-state index in [1.165, 1.54) is 5.01 Å². The van der Waals surface area contributed by atoms with Crippen molar-refractivity contribution < 1.29 is 14.3 Å². The van der Waals surface area contributed by atoms with E-state index < -0.39 is 6.09 Å². The number of rotatable bonds is 7. The number of nitriles is 1. The molecule has 1 N–H and O–H groups in total. The van der Waals surface area contributed by atoms with Gasteiger partial charge >= 0.3 is 6.09 Å². The molecule has 0 saturated heterocycles. The van der Waals surface area contributed by atoms with Crippen molar-refractivity contribution in [3.8, 4) is 11.8 Å². The fraction of sp³-hybridized carbons (Fsp3) is 0.0909. The third kappa shape index (κ3) is 5.11. The van der Waals surface area contributed by atoms with Crippen molar-refractivity contribution in [2.75, 3.05) is 17.4 Å². The van der Waals surface area contributed by atoms with E-state index in [2.05, 4.69) is 10.6 Å². The van der Waals surface area contributed by atoms with Crippen LogP contribution >= 0.6 is 0 Å². The van der Waals surface area contributed by atoms with Crippen molar-refractivity contribution >= 4 is 23.2 Å². The van der Waals surface area contributed by atoms with Gasteiger partial charge in [-0.15, -0.1) is 4.91 Å². The van der Waals surface area contributed by atoms with Gasteiger partial charge in [0.1, 0.15) is 12.4 Å². The van der Waals surface area contributed by atoms with Crippen LogP contribution in [0.4, 0.5) is 21.9 Å². The summed E-state index contributed by atoms with van der Waals surface area (Å²) < 4.78 is 10.3. The largest absolute Gasteiger partial charge is 0.497 e. The van der Waals surface area contributed by atoms with Crippen LogP contribution in [0.15, 0.2) is 78.1 Å². The number of methoxy groups -OCH3 is 1. The minimum atomic E-state index is -0.634. The SMILES string of the molecule is COc1ccc(N(N=O)c2ccc(NC(=O)OCc3cccc(C#N)c3)cc2)cc1. The van der Waals surface area contributed by atoms with Gasteiger partial charge in [0, 0.05) is 5.69 Å². The highest BCUT2D eigenvalue weighted by molar-refractivity contribution is 5.85. The lowest BCUT2D eigenvalue weighted by Crippen LogP contribution is -2.14. The molecule has 0 spiro atoms. The van der Waals surface area contributed by atoms with Gasteiger partial charge in [-0.25, -0.2) is 4.79 Å². The lowest BCUT2D eigenvalue weighted by atomic mass is 10.1. The van der Waals surface area contributed by atoms with E-state index >= 15 is 0 Å². The molecule has 3 rings (SSSR count). The number of hydrogen-bond acceptors (Lipinski definition) is 6. The number of amides is 1. The average Bonchev–Trinajstić information content (AvgIpc) is 2.80. The number of anilines is 3. The second-order valence-electron chi connectivity index (χ2n) is 6.15. The third-order valence-corrected chi connectivity index (χ3v) is 4.18. The molecule has 0 atom stereocenters. The van der Waals surface area contributed by atoms with Gasteiger partial charge in [0.05, 0.1) is 35.4 Å². The lowest BCUT2D eigenvalue weighted by molar-refractivity contribution is 0.155. The van der Waals surface area contributed by atoms with E-state index in [0.29, 0.717) is 33.9 Å². The summed E-state index contributed by atoms with van der Waals surface area (Å²) >= 11 is 0. The Labute approximate surface area is 173 Å². The van der Waals surface area contributed by atoms with Crippen LogP contribution in [0.1, 0.15) is 11.1 Å². The smallest absolute Gasteiger partial charge is 0.411 e. The van der Waals surface area contributed by atoms with Crippen LogP contribution < -0.4 is 15.1 Å². The van der Waals surface area contributed by atoms with Crippen molar-refractivity contribution in [3.05, 3.63) is 88.8 Å². The molecule has 0 unspecified atom stereocenters. The molecule has 0 aliphatic rings. The number of nitrogens with one attached hydrogen (secondary N) is 1. The van der Waals surface area contributed by atoms with Crippen LogP contribution in [0, 0.1) is 16.2 Å². The molecule has 8 nitrogen and oxygen atoms in total. The zero-order chi connectivity index (χ0) is 21.3. The Morgan fingerprint density at radius 2 is 1.73 bits per heavy atom. The molecule has 8 heteroatoms. The van der Waals surface area contributed by atoms with Crippen molar-refractivity contribution in [1.29, 1.82) is 5.26 Å². The predicted molar refractivity (Wildman–Crippen MR) is 112 cm³/mol. The summed E-state index contributed by atoms with van der Waals surface area (Å²) in [5, 5.41) is 15.8. The Balaban J connectivity index is 1.60. The summed E-state index contributed by atoms with van der Waals surface area (Å²) in [4.78, 5) is 23.3. The Morgan fingerprint density at radius 3 is 2.33 bits per heavy atom. The van der Waals surface area contributed by atoms with E-state index in [1.54, 1.807) is 79.9 Å². The first-order chi connectivity index (χ1) is 14.6. The third-order valence-electron chi connectivity index (χ3n) is 4.18. The molecule has 150 valence electrons. The van der Waals surface area contributed by atoms with Gasteiger partial charge in [0.2, 0.25) is 0 Å². The van der Waals surface area contributed by atoms with Gasteiger partial charge in [-0.3, -0.25) is 5.32 Å². The van der Waals surface area contributed by atoms with E-state index in [0.717, 1.165) is 0 Å². The number of benzene rings is 3. The van der Waals surface area contributed by atoms with Crippen LogP contribution in [0.2, 0.25) is 0 Å². The first kappa shape index (κ1) is 20.4. The molecule has 0 saturated carbocycles. The number of carbonyl (C=O) groups excluding carboxylic acids is 1. The molecule has 0 radical (unpaired) electrons. The van der Waals surface area contributed by atoms with Crippen molar-refractivity contribution in [1.82, 2.24) is 0 Å². The minimum Gasteiger partial charge on any atom is -0.497 e. The van der Waals surface area contributed by atoms with Gasteiger partial charge in [-0.1, -0.05) is 12.1 Å². The summed E-state index contributed by atoms with van der Waals surface area (Å²) in [7, 11) is 1.56. The molecular weight excluding hydrogens is 384 g/mol. The number of nitroso groups, excluding NO2 is 1. The molecular formula is C22H18N4O4. The molecule has 1 amide bonds. The number of nitrogens with zero attached hydrogens (tertiary/aromatic N) is 3. The maximum atomic E-state index is 12.0. The van der Waals surface area contributed by atoms with Gasteiger partial charge in [0.15, 0.2) is 0 Å². The summed E-state index contributed by atoms with van der Waals surface area (Å²) in [6.45, 7) is 0.0414. The van der Waals surface area contributed by atoms with E-state index in [4.69, 9.17) is 14.7 Å². The maximum Gasteiger partial charge on any atom is 0.411 e. The highest BCUT2D eigenvalue weighted by Gasteiger charge is 2.11. The summed E-state index contributed by atoms with van der Waals surface area (Å²) in [5.74, 6) is 0.669. The summed E-state index contributed by atoms with van der Waals surface area (Å²) in [6, 6.07) is 22.3. The molecule has 0 heterocycles. The van der Waals surface area contributed by atoms with E-state index in [-0.39, 0.29) is 6.61 Å². The number of carbonyl (C=O) groups is 1. The first-order valence-corrected chi connectivity index (χ1v) is 8.93. The molecule has 0 fully saturated rings. The molecule has 0 aliphatic carbocycles. The van der Waals surface area contributed by atoms with Gasteiger partial charge in [0.25, 0.3) is 0 Å². The quantitative estimate of drug-likeness (QED) is 0.434. The van der Waals surface area contributed by atoms with Crippen molar-refractivity contribution in [3.63, 3.8) is 0 Å². The standard InChI is InChI=1S/C22H18N4O4/c1-29-21-11-9-20(10-12-21)26(25-28)19-7-5-18(6-8-19)24-22(27)30-15-17-4-2-3-16(13-17)14-23/h2-13H,15H2,1H3,(H,24,27). The fourth-order valence-corrected chi connectivity index (χ4v) is 2.69. The normalized spacial score (nSPS) is 9.87. The van der Waals surface area contributed by atoms with Crippen molar-refractivity contribution in [2.45, 2.75) is 6.61 Å². The van der Waals surface area contributed by atoms with Crippen LogP contribution in [-0.2, 0) is 11.3 Å². The fourth-order valence-electron chi connectivity index (χ4n) is 2.69. The highest BCUT2D eigenvalue weighted by atomic mass is 16.5. The van der Waals surface area contributed by atoms with Gasteiger partial charge < -0.3 is 9.47 Å². The second-order valence-corrected chi connectivity index (χ2v) is 6.15. The number of ether oxygens (including phenoxy) is 2. The Kier molecular flexibility index (Phi) is 6.59. The Bertz CT molecular complexity index is 1060. The Hall–Kier alpha value is -4.38. The highest BCUT2D eigenvalue weighted by Crippen LogP contribution is 2.28. The van der Waals surface area contributed by atoms with Crippen LogP contribution in [0.25, 0.3) is 0 Å². The number of hydrogen-bond donors (Lipinski definition) is 1. The molecule has 3 aromatic rings. The van der Waals surface area contributed by atoms with Gasteiger partial charge in [-0.2, -0.15) is 10.3 Å². The van der Waals surface area contributed by atoms with Crippen molar-refractivity contribution in [2.24, 2.45) is 5.29 Å². The monoisotopic (exact) mass is 402 g/mol. The van der Waals surface area contributed by atoms with Crippen LogP contribution in [0.3, 0.4) is 0 Å².